The summed E-state index contributed by atoms with van der Waals surface area (Å²) in [6.07, 6.45) is 2.12. The monoisotopic (exact) mass is 350 g/mol. The lowest BCUT2D eigenvalue weighted by molar-refractivity contribution is 0.0697. The highest BCUT2D eigenvalue weighted by atomic mass is 16.2. The van der Waals surface area contributed by atoms with Gasteiger partial charge in [-0.25, -0.2) is 0 Å². The van der Waals surface area contributed by atoms with E-state index in [-0.39, 0.29) is 11.8 Å². The van der Waals surface area contributed by atoms with Crippen LogP contribution in [0.3, 0.4) is 0 Å². The molecule has 3 rings (SSSR count). The standard InChI is InChI=1S/C22H26N2O2/c1-15-11-13-24(14-12-15)22(26)19-9-7-18(8-10-19)21(25)23-20-6-4-5-16(2)17(20)3/h4-10,15H,11-14H2,1-3H3,(H,23,25). The predicted molar refractivity (Wildman–Crippen MR) is 105 cm³/mol. The SMILES string of the molecule is Cc1cccc(NC(=O)c2ccc(C(=O)N3CCC(C)CC3)cc2)c1C. The summed E-state index contributed by atoms with van der Waals surface area (Å²) in [7, 11) is 0. The fourth-order valence-corrected chi connectivity index (χ4v) is 3.24. The number of piperidine rings is 1. The molecule has 136 valence electrons. The Hall–Kier alpha value is -2.62. The van der Waals surface area contributed by atoms with E-state index in [4.69, 9.17) is 0 Å². The van der Waals surface area contributed by atoms with Crippen LogP contribution in [-0.4, -0.2) is 29.8 Å². The third-order valence-corrected chi connectivity index (χ3v) is 5.32. The average molecular weight is 350 g/mol. The molecule has 0 unspecified atom stereocenters. The van der Waals surface area contributed by atoms with E-state index in [0.29, 0.717) is 17.0 Å². The number of amides is 2. The smallest absolute Gasteiger partial charge is 0.255 e. The second-order valence-electron chi connectivity index (χ2n) is 7.25. The summed E-state index contributed by atoms with van der Waals surface area (Å²) in [5.41, 5.74) is 4.21. The zero-order valence-corrected chi connectivity index (χ0v) is 15.7. The van der Waals surface area contributed by atoms with Gasteiger partial charge >= 0.3 is 0 Å². The fraction of sp³-hybridized carbons (Fsp3) is 0.364. The minimum absolute atomic E-state index is 0.0541. The van der Waals surface area contributed by atoms with Crippen molar-refractivity contribution in [3.05, 3.63) is 64.7 Å². The van der Waals surface area contributed by atoms with Gasteiger partial charge in [-0.15, -0.1) is 0 Å². The van der Waals surface area contributed by atoms with E-state index in [2.05, 4.69) is 12.2 Å². The molecule has 2 aromatic carbocycles. The molecule has 1 saturated heterocycles. The second-order valence-corrected chi connectivity index (χ2v) is 7.25. The van der Waals surface area contributed by atoms with Gasteiger partial charge in [0.2, 0.25) is 0 Å². The van der Waals surface area contributed by atoms with E-state index >= 15 is 0 Å². The summed E-state index contributed by atoms with van der Waals surface area (Å²) in [6.45, 7) is 7.87. The molecule has 1 heterocycles. The molecule has 0 spiro atoms. The molecule has 1 N–H and O–H groups in total. The highest BCUT2D eigenvalue weighted by molar-refractivity contribution is 6.05. The minimum Gasteiger partial charge on any atom is -0.339 e. The van der Waals surface area contributed by atoms with Gasteiger partial charge in [-0.05, 0) is 74.1 Å². The van der Waals surface area contributed by atoms with Crippen molar-refractivity contribution in [1.29, 1.82) is 0 Å². The number of benzene rings is 2. The van der Waals surface area contributed by atoms with Crippen LogP contribution in [0, 0.1) is 19.8 Å². The lowest BCUT2D eigenvalue weighted by atomic mass is 9.98. The van der Waals surface area contributed by atoms with E-state index < -0.39 is 0 Å². The molecular weight excluding hydrogens is 324 g/mol. The molecule has 2 aromatic rings. The third kappa shape index (κ3) is 3.96. The lowest BCUT2D eigenvalue weighted by Gasteiger charge is -2.30. The molecule has 0 bridgehead atoms. The van der Waals surface area contributed by atoms with E-state index in [9.17, 15) is 9.59 Å². The van der Waals surface area contributed by atoms with Crippen LogP contribution in [0.25, 0.3) is 0 Å². The Labute approximate surface area is 155 Å². The van der Waals surface area contributed by atoms with Crippen LogP contribution in [0.5, 0.6) is 0 Å². The molecule has 1 aliphatic rings. The number of anilines is 1. The Balaban J connectivity index is 1.68. The van der Waals surface area contributed by atoms with Crippen molar-refractivity contribution in [3.63, 3.8) is 0 Å². The number of rotatable bonds is 3. The molecule has 0 aliphatic carbocycles. The maximum absolute atomic E-state index is 12.6. The maximum Gasteiger partial charge on any atom is 0.255 e. The van der Waals surface area contributed by atoms with E-state index in [0.717, 1.165) is 42.7 Å². The summed E-state index contributed by atoms with van der Waals surface area (Å²) in [5.74, 6) is 0.582. The molecule has 26 heavy (non-hydrogen) atoms. The molecule has 0 atom stereocenters. The lowest BCUT2D eigenvalue weighted by Crippen LogP contribution is -2.37. The number of carbonyl (C=O) groups excluding carboxylic acids is 2. The van der Waals surface area contributed by atoms with Crippen LogP contribution in [0.15, 0.2) is 42.5 Å². The summed E-state index contributed by atoms with van der Waals surface area (Å²) >= 11 is 0. The van der Waals surface area contributed by atoms with Gasteiger partial charge < -0.3 is 10.2 Å². The second kappa shape index (κ2) is 7.73. The van der Waals surface area contributed by atoms with Crippen molar-refractivity contribution < 1.29 is 9.59 Å². The Morgan fingerprint density at radius 3 is 2.23 bits per heavy atom. The summed E-state index contributed by atoms with van der Waals surface area (Å²) in [5, 5.41) is 2.95. The van der Waals surface area contributed by atoms with Gasteiger partial charge in [0, 0.05) is 29.9 Å². The molecule has 0 saturated carbocycles. The third-order valence-electron chi connectivity index (χ3n) is 5.32. The Morgan fingerprint density at radius 1 is 0.962 bits per heavy atom. The number of nitrogens with one attached hydrogen (secondary N) is 1. The Bertz CT molecular complexity index is 803. The molecule has 2 amide bonds. The van der Waals surface area contributed by atoms with Crippen LogP contribution < -0.4 is 5.32 Å². The highest BCUT2D eigenvalue weighted by Crippen LogP contribution is 2.20. The van der Waals surface area contributed by atoms with Crippen LogP contribution in [0.4, 0.5) is 5.69 Å². The number of nitrogens with zero attached hydrogens (tertiary/aromatic N) is 1. The first kappa shape index (κ1) is 18.2. The zero-order chi connectivity index (χ0) is 18.7. The van der Waals surface area contributed by atoms with Crippen LogP contribution >= 0.6 is 0 Å². The molecule has 1 fully saturated rings. The number of carbonyl (C=O) groups is 2. The molecule has 4 nitrogen and oxygen atoms in total. The number of aryl methyl sites for hydroxylation is 1. The Morgan fingerprint density at radius 2 is 1.58 bits per heavy atom. The van der Waals surface area contributed by atoms with Gasteiger partial charge in [0.05, 0.1) is 0 Å². The van der Waals surface area contributed by atoms with Crippen molar-refractivity contribution in [2.45, 2.75) is 33.6 Å². The highest BCUT2D eigenvalue weighted by Gasteiger charge is 2.21. The zero-order valence-electron chi connectivity index (χ0n) is 15.7. The average Bonchev–Trinajstić information content (AvgIpc) is 2.65. The molecule has 1 aliphatic heterocycles. The van der Waals surface area contributed by atoms with Gasteiger partial charge in [0.1, 0.15) is 0 Å². The van der Waals surface area contributed by atoms with Crippen molar-refractivity contribution in [2.24, 2.45) is 5.92 Å². The molecule has 4 heteroatoms. The largest absolute Gasteiger partial charge is 0.339 e. The Kier molecular flexibility index (Phi) is 5.40. The fourth-order valence-electron chi connectivity index (χ4n) is 3.24. The number of likely N-dealkylation sites (tertiary alicyclic amines) is 1. The first-order valence-corrected chi connectivity index (χ1v) is 9.22. The van der Waals surface area contributed by atoms with Crippen molar-refractivity contribution >= 4 is 17.5 Å². The first-order chi connectivity index (χ1) is 12.5. The molecule has 0 aromatic heterocycles. The number of hydrogen-bond acceptors (Lipinski definition) is 2. The van der Waals surface area contributed by atoms with Crippen molar-refractivity contribution in [2.75, 3.05) is 18.4 Å². The van der Waals surface area contributed by atoms with Crippen LogP contribution in [0.2, 0.25) is 0 Å². The van der Waals surface area contributed by atoms with E-state index in [1.807, 2.05) is 36.9 Å². The minimum atomic E-state index is -0.163. The predicted octanol–water partition coefficient (Wildman–Crippen LogP) is 4.43. The van der Waals surface area contributed by atoms with Gasteiger partial charge in [0.15, 0.2) is 0 Å². The first-order valence-electron chi connectivity index (χ1n) is 9.22. The molecule has 0 radical (unpaired) electrons. The van der Waals surface area contributed by atoms with Crippen molar-refractivity contribution in [1.82, 2.24) is 4.90 Å². The van der Waals surface area contributed by atoms with Crippen LogP contribution in [-0.2, 0) is 0 Å². The number of hydrogen-bond donors (Lipinski definition) is 1. The van der Waals surface area contributed by atoms with Crippen molar-refractivity contribution in [3.8, 4) is 0 Å². The van der Waals surface area contributed by atoms with E-state index in [1.54, 1.807) is 24.3 Å². The summed E-state index contributed by atoms with van der Waals surface area (Å²) in [4.78, 5) is 27.0. The van der Waals surface area contributed by atoms with Crippen LogP contribution in [0.1, 0.15) is 51.6 Å². The summed E-state index contributed by atoms with van der Waals surface area (Å²) < 4.78 is 0. The molecular formula is C22H26N2O2. The normalized spacial score (nSPS) is 15.0. The van der Waals surface area contributed by atoms with Gasteiger partial charge in [-0.2, -0.15) is 0 Å². The van der Waals surface area contributed by atoms with Gasteiger partial charge in [-0.3, -0.25) is 9.59 Å². The summed E-state index contributed by atoms with van der Waals surface area (Å²) in [6, 6.07) is 12.8. The van der Waals surface area contributed by atoms with E-state index in [1.165, 1.54) is 0 Å². The van der Waals surface area contributed by atoms with Gasteiger partial charge in [-0.1, -0.05) is 19.1 Å². The maximum atomic E-state index is 12.6. The topological polar surface area (TPSA) is 49.4 Å². The van der Waals surface area contributed by atoms with Gasteiger partial charge in [0.25, 0.3) is 11.8 Å². The quantitative estimate of drug-likeness (QED) is 0.890.